The summed E-state index contributed by atoms with van der Waals surface area (Å²) in [6, 6.07) is 2.52. The topological polar surface area (TPSA) is 56.7 Å². The Bertz CT molecular complexity index is 519. The second-order valence-corrected chi connectivity index (χ2v) is 7.23. The number of carbonyl (C=O) groups is 1. The number of amides is 1. The van der Waals surface area contributed by atoms with Crippen LogP contribution in [0.2, 0.25) is 0 Å². The van der Waals surface area contributed by atoms with E-state index in [9.17, 15) is 4.79 Å². The molecule has 136 valence electrons. The Morgan fingerprint density at radius 3 is 2.75 bits per heavy atom. The van der Waals surface area contributed by atoms with Crippen molar-refractivity contribution < 1.29 is 4.79 Å². The van der Waals surface area contributed by atoms with Gasteiger partial charge in [0.25, 0.3) is 0 Å². The fourth-order valence-corrected chi connectivity index (χ4v) is 3.39. The number of rotatable bonds is 5. The van der Waals surface area contributed by atoms with Gasteiger partial charge in [-0.15, -0.1) is 24.0 Å². The number of aliphatic imine (C=N–C) groups is 1. The summed E-state index contributed by atoms with van der Waals surface area (Å²) in [5.41, 5.74) is 1.20. The summed E-state index contributed by atoms with van der Waals surface area (Å²) in [5.74, 6) is 1.43. The van der Waals surface area contributed by atoms with Gasteiger partial charge in [-0.25, -0.2) is 4.99 Å². The highest BCUT2D eigenvalue weighted by atomic mass is 127. The summed E-state index contributed by atoms with van der Waals surface area (Å²) in [6.45, 7) is 3.19. The Kier molecular flexibility index (Phi) is 9.65. The lowest BCUT2D eigenvalue weighted by molar-refractivity contribution is -0.127. The van der Waals surface area contributed by atoms with Crippen LogP contribution in [-0.2, 0) is 11.3 Å². The number of hydrogen-bond acceptors (Lipinski definition) is 3. The van der Waals surface area contributed by atoms with Gasteiger partial charge >= 0.3 is 0 Å². The van der Waals surface area contributed by atoms with Gasteiger partial charge in [-0.2, -0.15) is 11.3 Å². The molecule has 0 saturated heterocycles. The maximum atomic E-state index is 11.8. The van der Waals surface area contributed by atoms with E-state index in [4.69, 9.17) is 0 Å². The van der Waals surface area contributed by atoms with Gasteiger partial charge in [-0.3, -0.25) is 4.79 Å². The highest BCUT2D eigenvalue weighted by molar-refractivity contribution is 14.0. The minimum absolute atomic E-state index is 0. The van der Waals surface area contributed by atoms with Crippen molar-refractivity contribution in [3.63, 3.8) is 0 Å². The summed E-state index contributed by atoms with van der Waals surface area (Å²) in [5, 5.41) is 10.9. The predicted molar refractivity (Wildman–Crippen MR) is 112 cm³/mol. The molecule has 1 saturated carbocycles. The molecule has 7 heteroatoms. The molecule has 1 aromatic rings. The molecule has 1 fully saturated rings. The first-order valence-electron chi connectivity index (χ1n) is 8.32. The third-order valence-electron chi connectivity index (χ3n) is 4.34. The summed E-state index contributed by atoms with van der Waals surface area (Å²) in [4.78, 5) is 18.1. The number of halogens is 1. The van der Waals surface area contributed by atoms with Crippen LogP contribution in [0.15, 0.2) is 21.8 Å². The van der Waals surface area contributed by atoms with Crippen LogP contribution in [0.1, 0.15) is 38.2 Å². The van der Waals surface area contributed by atoms with Crippen molar-refractivity contribution in [1.29, 1.82) is 0 Å². The molecular formula is C17H29IN4OS. The van der Waals surface area contributed by atoms with E-state index in [1.54, 1.807) is 30.3 Å². The van der Waals surface area contributed by atoms with E-state index in [1.165, 1.54) is 31.2 Å². The van der Waals surface area contributed by atoms with Crippen LogP contribution in [0.4, 0.5) is 0 Å². The molecule has 0 spiro atoms. The number of nitrogens with one attached hydrogen (secondary N) is 2. The normalized spacial score (nSPS) is 20.9. The fourth-order valence-electron chi connectivity index (χ4n) is 2.73. The lowest BCUT2D eigenvalue weighted by Crippen LogP contribution is -2.49. The van der Waals surface area contributed by atoms with E-state index in [0.29, 0.717) is 18.5 Å². The van der Waals surface area contributed by atoms with Crippen molar-refractivity contribution in [2.24, 2.45) is 10.9 Å². The molecule has 1 aliphatic rings. The standard InChI is InChI=1S/C17H28N4OS.HI/c1-13-6-4-5-7-15(13)20-17(19-11-16(22)21(2)3)18-10-14-8-9-23-12-14;/h8-9,12-13,15H,4-7,10-11H2,1-3H3,(H2,18,19,20);1H. The zero-order valence-corrected chi connectivity index (χ0v) is 17.9. The van der Waals surface area contributed by atoms with Crippen molar-refractivity contribution in [3.05, 3.63) is 22.4 Å². The lowest BCUT2D eigenvalue weighted by Gasteiger charge is -2.31. The number of hydrogen-bond donors (Lipinski definition) is 2. The second-order valence-electron chi connectivity index (χ2n) is 6.45. The van der Waals surface area contributed by atoms with Crippen LogP contribution in [0.3, 0.4) is 0 Å². The van der Waals surface area contributed by atoms with Gasteiger partial charge in [-0.1, -0.05) is 19.8 Å². The Labute approximate surface area is 166 Å². The van der Waals surface area contributed by atoms with Crippen molar-refractivity contribution in [3.8, 4) is 0 Å². The third-order valence-corrected chi connectivity index (χ3v) is 5.07. The SMILES string of the molecule is CC1CCCCC1NC(=NCc1ccsc1)NCC(=O)N(C)C.I. The summed E-state index contributed by atoms with van der Waals surface area (Å²) < 4.78 is 0. The molecule has 2 N–H and O–H groups in total. The molecule has 2 unspecified atom stereocenters. The molecule has 1 aliphatic carbocycles. The molecule has 0 aliphatic heterocycles. The van der Waals surface area contributed by atoms with Crippen LogP contribution >= 0.6 is 35.3 Å². The zero-order chi connectivity index (χ0) is 16.7. The average molecular weight is 464 g/mol. The molecule has 1 heterocycles. The van der Waals surface area contributed by atoms with Gasteiger partial charge in [0.05, 0.1) is 13.1 Å². The van der Waals surface area contributed by atoms with Gasteiger partial charge in [0.2, 0.25) is 5.91 Å². The summed E-state index contributed by atoms with van der Waals surface area (Å²) >= 11 is 1.68. The fraction of sp³-hybridized carbons (Fsp3) is 0.647. The van der Waals surface area contributed by atoms with Gasteiger partial charge in [0.15, 0.2) is 5.96 Å². The maximum absolute atomic E-state index is 11.8. The Hall–Kier alpha value is -0.830. The van der Waals surface area contributed by atoms with E-state index < -0.39 is 0 Å². The molecule has 0 radical (unpaired) electrons. The number of likely N-dealkylation sites (N-methyl/N-ethyl adjacent to an activating group) is 1. The van der Waals surface area contributed by atoms with E-state index >= 15 is 0 Å². The molecule has 1 amide bonds. The highest BCUT2D eigenvalue weighted by Crippen LogP contribution is 2.23. The van der Waals surface area contributed by atoms with Gasteiger partial charge in [-0.05, 0) is 41.1 Å². The zero-order valence-electron chi connectivity index (χ0n) is 14.7. The van der Waals surface area contributed by atoms with Gasteiger partial charge in [0.1, 0.15) is 0 Å². The predicted octanol–water partition coefficient (Wildman–Crippen LogP) is 3.07. The molecule has 24 heavy (non-hydrogen) atoms. The van der Waals surface area contributed by atoms with Crippen LogP contribution in [0.25, 0.3) is 0 Å². The first-order valence-corrected chi connectivity index (χ1v) is 9.26. The minimum Gasteiger partial charge on any atom is -0.353 e. The molecular weight excluding hydrogens is 435 g/mol. The Morgan fingerprint density at radius 1 is 1.38 bits per heavy atom. The monoisotopic (exact) mass is 464 g/mol. The van der Waals surface area contributed by atoms with Crippen molar-refractivity contribution in [1.82, 2.24) is 15.5 Å². The average Bonchev–Trinajstić information content (AvgIpc) is 3.04. The minimum atomic E-state index is 0. The first kappa shape index (κ1) is 21.2. The number of guanidine groups is 1. The van der Waals surface area contributed by atoms with Gasteiger partial charge < -0.3 is 15.5 Å². The largest absolute Gasteiger partial charge is 0.353 e. The second kappa shape index (κ2) is 10.9. The molecule has 2 atom stereocenters. The van der Waals surface area contributed by atoms with E-state index in [1.807, 2.05) is 0 Å². The first-order chi connectivity index (χ1) is 11.1. The molecule has 5 nitrogen and oxygen atoms in total. The van der Waals surface area contributed by atoms with Gasteiger partial charge in [0, 0.05) is 20.1 Å². The molecule has 0 aromatic carbocycles. The van der Waals surface area contributed by atoms with Crippen LogP contribution in [0.5, 0.6) is 0 Å². The van der Waals surface area contributed by atoms with Crippen molar-refractivity contribution in [2.45, 2.75) is 45.2 Å². The van der Waals surface area contributed by atoms with Crippen LogP contribution < -0.4 is 10.6 Å². The lowest BCUT2D eigenvalue weighted by atomic mass is 9.86. The molecule has 2 rings (SSSR count). The van der Waals surface area contributed by atoms with Crippen LogP contribution in [0, 0.1) is 5.92 Å². The van der Waals surface area contributed by atoms with E-state index in [0.717, 1.165) is 5.96 Å². The van der Waals surface area contributed by atoms with E-state index in [-0.39, 0.29) is 36.4 Å². The summed E-state index contributed by atoms with van der Waals surface area (Å²) in [7, 11) is 3.53. The smallest absolute Gasteiger partial charge is 0.241 e. The quantitative estimate of drug-likeness (QED) is 0.400. The molecule has 1 aromatic heterocycles. The Balaban J connectivity index is 0.00000288. The molecule has 0 bridgehead atoms. The van der Waals surface area contributed by atoms with Crippen molar-refractivity contribution in [2.75, 3.05) is 20.6 Å². The maximum Gasteiger partial charge on any atom is 0.241 e. The van der Waals surface area contributed by atoms with E-state index in [2.05, 4.69) is 39.4 Å². The number of nitrogens with zero attached hydrogens (tertiary/aromatic N) is 2. The highest BCUT2D eigenvalue weighted by Gasteiger charge is 2.22. The van der Waals surface area contributed by atoms with Crippen LogP contribution in [-0.4, -0.2) is 43.4 Å². The number of carbonyl (C=O) groups excluding carboxylic acids is 1. The number of thiophene rings is 1. The Morgan fingerprint density at radius 2 is 2.12 bits per heavy atom. The van der Waals surface area contributed by atoms with Crippen molar-refractivity contribution >= 4 is 47.2 Å². The third kappa shape index (κ3) is 6.96. The summed E-state index contributed by atoms with van der Waals surface area (Å²) in [6.07, 6.45) is 5.00.